The minimum atomic E-state index is -0.682. The molecule has 1 aromatic heterocycles. The van der Waals surface area contributed by atoms with Crippen LogP contribution >= 0.6 is 21.6 Å². The Morgan fingerprint density at radius 2 is 1.93 bits per heavy atom. The molecule has 0 spiro atoms. The van der Waals surface area contributed by atoms with Gasteiger partial charge in [0.15, 0.2) is 0 Å². The van der Waals surface area contributed by atoms with Crippen LogP contribution < -0.4 is 5.73 Å². The van der Waals surface area contributed by atoms with Crippen molar-refractivity contribution in [1.29, 1.82) is 0 Å². The number of nitrogens with two attached hydrogens (primary N) is 1. The number of para-hydroxylation sites is 1. The minimum absolute atomic E-state index is 0.120. The minimum Gasteiger partial charge on any atom is -0.433 e. The topological polar surface area (TPSA) is 107 Å². The van der Waals surface area contributed by atoms with Crippen molar-refractivity contribution in [2.75, 3.05) is 12.9 Å². The Hall–Kier alpha value is -2.65. The first-order valence-corrected chi connectivity index (χ1v) is 11.5. The number of hydrogen-bond donors (Lipinski definition) is 2. The van der Waals surface area contributed by atoms with Gasteiger partial charge in [0.1, 0.15) is 24.6 Å². The summed E-state index contributed by atoms with van der Waals surface area (Å²) in [5.41, 5.74) is 8.73. The van der Waals surface area contributed by atoms with Crippen molar-refractivity contribution in [3.63, 3.8) is 0 Å². The Kier molecular flexibility index (Phi) is 7.05. The highest BCUT2D eigenvalue weighted by Gasteiger charge is 2.13. The van der Waals surface area contributed by atoms with Gasteiger partial charge in [-0.2, -0.15) is 0 Å². The van der Waals surface area contributed by atoms with Gasteiger partial charge in [0.25, 0.3) is 5.91 Å². The van der Waals surface area contributed by atoms with Crippen molar-refractivity contribution in [2.24, 2.45) is 5.73 Å². The molecule has 3 N–H and O–H groups in total. The van der Waals surface area contributed by atoms with Crippen LogP contribution in [0.25, 0.3) is 22.4 Å². The van der Waals surface area contributed by atoms with Gasteiger partial charge >= 0.3 is 6.16 Å². The van der Waals surface area contributed by atoms with Gasteiger partial charge in [0, 0.05) is 10.8 Å². The first-order chi connectivity index (χ1) is 14.0. The number of carbonyl (C=O) groups excluding carboxylic acids is 2. The third-order valence-corrected chi connectivity index (χ3v) is 6.28. The first kappa shape index (κ1) is 21.1. The third-order valence-electron chi connectivity index (χ3n) is 4.06. The average Bonchev–Trinajstić information content (AvgIpc) is 3.15. The molecule has 0 aliphatic rings. The molecule has 0 unspecified atom stereocenters. The van der Waals surface area contributed by atoms with E-state index in [-0.39, 0.29) is 11.9 Å². The van der Waals surface area contributed by atoms with E-state index in [1.165, 1.54) is 0 Å². The third kappa shape index (κ3) is 5.45. The van der Waals surface area contributed by atoms with Gasteiger partial charge in [-0.05, 0) is 30.9 Å². The number of hydrogen-bond acceptors (Lipinski definition) is 7. The van der Waals surface area contributed by atoms with Crippen LogP contribution in [0.5, 0.6) is 0 Å². The smallest absolute Gasteiger partial charge is 0.433 e. The molecule has 0 fully saturated rings. The van der Waals surface area contributed by atoms with Gasteiger partial charge in [-0.3, -0.25) is 4.79 Å². The molecule has 7 nitrogen and oxygen atoms in total. The number of fused-ring (bicyclic) bond motifs is 1. The summed E-state index contributed by atoms with van der Waals surface area (Å²) < 4.78 is 10.2. The SMILES string of the molecule is CSS[C@@H](C)COC(=O)OCc1ccc(-c2nc3c(C(N)=O)cccc3[nH]2)cc1. The molecule has 3 rings (SSSR count). The van der Waals surface area contributed by atoms with Gasteiger partial charge in [-0.15, -0.1) is 0 Å². The maximum Gasteiger partial charge on any atom is 0.508 e. The molecule has 1 amide bonds. The standard InChI is InChI=1S/C20H21N3O4S2/c1-12(29-28-2)10-26-20(25)27-11-13-6-8-14(9-7-13)19-22-16-5-3-4-15(18(21)24)17(16)23-19/h3-9,12H,10-11H2,1-2H3,(H2,21,24)(H,22,23)/t12-/m0/s1. The van der Waals surface area contributed by atoms with Gasteiger partial charge in [-0.25, -0.2) is 9.78 Å². The highest BCUT2D eigenvalue weighted by molar-refractivity contribution is 8.76. The zero-order valence-corrected chi connectivity index (χ0v) is 17.6. The molecule has 3 aromatic rings. The highest BCUT2D eigenvalue weighted by atomic mass is 33.1. The fourth-order valence-electron chi connectivity index (χ4n) is 2.69. The zero-order chi connectivity index (χ0) is 20.8. The lowest BCUT2D eigenvalue weighted by Crippen LogP contribution is -2.14. The molecular weight excluding hydrogens is 410 g/mol. The predicted molar refractivity (Wildman–Crippen MR) is 117 cm³/mol. The number of aromatic amines is 1. The number of carbonyl (C=O) groups is 2. The number of primary amides is 1. The van der Waals surface area contributed by atoms with Crippen LogP contribution in [0.4, 0.5) is 4.79 Å². The lowest BCUT2D eigenvalue weighted by molar-refractivity contribution is 0.0509. The molecule has 1 atom stereocenters. The second kappa shape index (κ2) is 9.71. The number of nitrogens with zero attached hydrogens (tertiary/aromatic N) is 1. The molecule has 0 saturated heterocycles. The number of benzene rings is 2. The number of H-pyrrole nitrogens is 1. The van der Waals surface area contributed by atoms with E-state index in [2.05, 4.69) is 9.97 Å². The van der Waals surface area contributed by atoms with Crippen molar-refractivity contribution >= 4 is 44.7 Å². The molecule has 0 saturated carbocycles. The lowest BCUT2D eigenvalue weighted by Gasteiger charge is -2.10. The van der Waals surface area contributed by atoms with E-state index < -0.39 is 12.1 Å². The quantitative estimate of drug-likeness (QED) is 0.402. The van der Waals surface area contributed by atoms with Crippen LogP contribution in [0, 0.1) is 0 Å². The summed E-state index contributed by atoms with van der Waals surface area (Å²) in [5, 5.41) is 0.204. The maximum absolute atomic E-state index is 11.7. The largest absolute Gasteiger partial charge is 0.508 e. The summed E-state index contributed by atoms with van der Waals surface area (Å²) in [6, 6.07) is 12.7. The number of ether oxygens (including phenoxy) is 2. The molecule has 152 valence electrons. The maximum atomic E-state index is 11.7. The summed E-state index contributed by atoms with van der Waals surface area (Å²) in [7, 11) is 3.27. The summed E-state index contributed by atoms with van der Waals surface area (Å²) in [4.78, 5) is 30.9. The number of nitrogens with one attached hydrogen (secondary N) is 1. The summed E-state index contributed by atoms with van der Waals surface area (Å²) in [6.45, 7) is 2.41. The Morgan fingerprint density at radius 1 is 1.17 bits per heavy atom. The molecule has 0 aliphatic heterocycles. The lowest BCUT2D eigenvalue weighted by atomic mass is 10.1. The Balaban J connectivity index is 1.62. The first-order valence-electron chi connectivity index (χ1n) is 8.84. The summed E-state index contributed by atoms with van der Waals surface area (Å²) >= 11 is 0. The normalized spacial score (nSPS) is 11.9. The van der Waals surface area contributed by atoms with Gasteiger partial charge in [0.05, 0.1) is 11.1 Å². The zero-order valence-electron chi connectivity index (χ0n) is 16.0. The Morgan fingerprint density at radius 3 is 2.62 bits per heavy atom. The van der Waals surface area contributed by atoms with E-state index in [4.69, 9.17) is 15.2 Å². The van der Waals surface area contributed by atoms with Crippen LogP contribution in [-0.4, -0.2) is 40.1 Å². The number of aromatic nitrogens is 2. The van der Waals surface area contributed by atoms with Gasteiger partial charge < -0.3 is 20.2 Å². The van der Waals surface area contributed by atoms with Crippen LogP contribution in [0.3, 0.4) is 0 Å². The van der Waals surface area contributed by atoms with E-state index in [0.29, 0.717) is 23.5 Å². The van der Waals surface area contributed by atoms with Crippen molar-refractivity contribution in [1.82, 2.24) is 9.97 Å². The number of amides is 1. The van der Waals surface area contributed by atoms with Crippen molar-refractivity contribution < 1.29 is 19.1 Å². The van der Waals surface area contributed by atoms with Crippen molar-refractivity contribution in [2.45, 2.75) is 18.8 Å². The highest BCUT2D eigenvalue weighted by Crippen LogP contribution is 2.24. The fraction of sp³-hybridized carbons (Fsp3) is 0.250. The number of imidazole rings is 1. The molecule has 9 heteroatoms. The van der Waals surface area contributed by atoms with Crippen LogP contribution in [0.1, 0.15) is 22.8 Å². The predicted octanol–water partition coefficient (Wildman–Crippen LogP) is 4.38. The average molecular weight is 432 g/mol. The van der Waals surface area contributed by atoms with Crippen LogP contribution in [0.2, 0.25) is 0 Å². The summed E-state index contributed by atoms with van der Waals surface area (Å²) in [6.07, 6.45) is 1.30. The second-order valence-electron chi connectivity index (χ2n) is 6.27. The fourth-order valence-corrected chi connectivity index (χ4v) is 4.29. The molecule has 0 radical (unpaired) electrons. The van der Waals surface area contributed by atoms with Crippen LogP contribution in [0.15, 0.2) is 42.5 Å². The van der Waals surface area contributed by atoms with E-state index in [0.717, 1.165) is 16.6 Å². The molecule has 2 aromatic carbocycles. The van der Waals surface area contributed by atoms with Gasteiger partial charge in [-0.1, -0.05) is 51.9 Å². The molecule has 0 aliphatic carbocycles. The van der Waals surface area contributed by atoms with E-state index in [9.17, 15) is 9.59 Å². The Labute approximate surface area is 176 Å². The van der Waals surface area contributed by atoms with E-state index in [1.807, 2.05) is 43.5 Å². The summed E-state index contributed by atoms with van der Waals surface area (Å²) in [5.74, 6) is 0.107. The van der Waals surface area contributed by atoms with E-state index >= 15 is 0 Å². The van der Waals surface area contributed by atoms with Gasteiger partial charge in [0.2, 0.25) is 0 Å². The molecule has 29 heavy (non-hydrogen) atoms. The van der Waals surface area contributed by atoms with E-state index in [1.54, 1.807) is 33.7 Å². The van der Waals surface area contributed by atoms with Crippen molar-refractivity contribution in [3.8, 4) is 11.4 Å². The molecular formula is C20H21N3O4S2. The monoisotopic (exact) mass is 431 g/mol. The van der Waals surface area contributed by atoms with Crippen LogP contribution in [-0.2, 0) is 16.1 Å². The molecule has 1 heterocycles. The second-order valence-corrected chi connectivity index (χ2v) is 9.18. The van der Waals surface area contributed by atoms with Crippen molar-refractivity contribution in [3.05, 3.63) is 53.6 Å². The molecule has 0 bridgehead atoms. The Bertz CT molecular complexity index is 1000. The number of rotatable bonds is 8.